The predicted octanol–water partition coefficient (Wildman–Crippen LogP) is 1.08. The number of benzene rings is 1. The van der Waals surface area contributed by atoms with E-state index in [0.29, 0.717) is 30.6 Å². The first-order valence-corrected chi connectivity index (χ1v) is 11.6. The van der Waals surface area contributed by atoms with Gasteiger partial charge < -0.3 is 20.4 Å². The minimum atomic E-state index is -0.571. The number of fused-ring (bicyclic) bond motifs is 1. The fraction of sp³-hybridized carbons (Fsp3) is 0.609. The number of imide groups is 1. The summed E-state index contributed by atoms with van der Waals surface area (Å²) in [5.74, 6) is -0.741. The van der Waals surface area contributed by atoms with Crippen molar-refractivity contribution in [1.82, 2.24) is 20.4 Å². The van der Waals surface area contributed by atoms with Crippen molar-refractivity contribution >= 4 is 23.4 Å². The van der Waals surface area contributed by atoms with Crippen LogP contribution in [0.1, 0.15) is 54.4 Å². The molecule has 4 aliphatic rings. The maximum Gasteiger partial charge on any atom is 0.255 e. The van der Waals surface area contributed by atoms with Crippen molar-refractivity contribution < 1.29 is 14.4 Å². The smallest absolute Gasteiger partial charge is 0.255 e. The second-order valence-electron chi connectivity index (χ2n) is 9.17. The fourth-order valence-electron chi connectivity index (χ4n) is 5.52. The first-order chi connectivity index (χ1) is 15.1. The Balaban J connectivity index is 1.24. The van der Waals surface area contributed by atoms with Crippen LogP contribution in [-0.4, -0.2) is 71.8 Å². The molecule has 4 aliphatic heterocycles. The number of anilines is 1. The average Bonchev–Trinajstić information content (AvgIpc) is 3.12. The average molecular weight is 426 g/mol. The highest BCUT2D eigenvalue weighted by atomic mass is 16.2. The fourth-order valence-corrected chi connectivity index (χ4v) is 5.52. The van der Waals surface area contributed by atoms with Crippen LogP contribution in [0.15, 0.2) is 18.2 Å². The van der Waals surface area contributed by atoms with Crippen molar-refractivity contribution in [3.8, 4) is 0 Å². The summed E-state index contributed by atoms with van der Waals surface area (Å²) in [6.07, 6.45) is 5.33. The van der Waals surface area contributed by atoms with Gasteiger partial charge in [-0.25, -0.2) is 0 Å². The Bertz CT molecular complexity index is 874. The second kappa shape index (κ2) is 8.59. The number of amides is 3. The number of nitrogens with one attached hydrogen (secondary N) is 3. The first kappa shape index (κ1) is 20.5. The van der Waals surface area contributed by atoms with Gasteiger partial charge in [-0.3, -0.25) is 19.7 Å². The Morgan fingerprint density at radius 3 is 2.48 bits per heavy atom. The Kier molecular flexibility index (Phi) is 5.67. The third-order valence-corrected chi connectivity index (χ3v) is 7.30. The van der Waals surface area contributed by atoms with Crippen LogP contribution in [0.3, 0.4) is 0 Å². The van der Waals surface area contributed by atoms with E-state index in [-0.39, 0.29) is 24.1 Å². The summed E-state index contributed by atoms with van der Waals surface area (Å²) in [4.78, 5) is 41.1. The monoisotopic (exact) mass is 425 g/mol. The molecule has 1 unspecified atom stereocenters. The van der Waals surface area contributed by atoms with Crippen molar-refractivity contribution in [2.24, 2.45) is 0 Å². The molecule has 0 aromatic heterocycles. The molecule has 8 nitrogen and oxygen atoms in total. The van der Waals surface area contributed by atoms with Crippen LogP contribution in [0.25, 0.3) is 0 Å². The van der Waals surface area contributed by atoms with E-state index >= 15 is 0 Å². The molecular weight excluding hydrogens is 394 g/mol. The number of carbonyl (C=O) groups is 3. The van der Waals surface area contributed by atoms with E-state index < -0.39 is 6.04 Å². The molecule has 0 saturated carbocycles. The summed E-state index contributed by atoms with van der Waals surface area (Å²) in [7, 11) is 0. The van der Waals surface area contributed by atoms with Crippen LogP contribution in [0.5, 0.6) is 0 Å². The third kappa shape index (κ3) is 4.06. The maximum atomic E-state index is 13.0. The largest absolute Gasteiger partial charge is 0.382 e. The van der Waals surface area contributed by atoms with E-state index in [0.717, 1.165) is 50.3 Å². The van der Waals surface area contributed by atoms with Crippen LogP contribution < -0.4 is 16.0 Å². The van der Waals surface area contributed by atoms with Gasteiger partial charge in [0.1, 0.15) is 6.04 Å². The number of rotatable bonds is 4. The molecule has 8 heteroatoms. The minimum Gasteiger partial charge on any atom is -0.382 e. The van der Waals surface area contributed by atoms with Gasteiger partial charge in [-0.15, -0.1) is 0 Å². The van der Waals surface area contributed by atoms with E-state index in [4.69, 9.17) is 0 Å². The zero-order chi connectivity index (χ0) is 21.4. The quantitative estimate of drug-likeness (QED) is 0.625. The van der Waals surface area contributed by atoms with Crippen LogP contribution >= 0.6 is 0 Å². The van der Waals surface area contributed by atoms with Crippen molar-refractivity contribution in [2.75, 3.05) is 31.5 Å². The lowest BCUT2D eigenvalue weighted by Gasteiger charge is -2.40. The second-order valence-corrected chi connectivity index (χ2v) is 9.17. The lowest BCUT2D eigenvalue weighted by atomic mass is 9.98. The number of carbonyl (C=O) groups excluding carboxylic acids is 3. The Morgan fingerprint density at radius 2 is 1.74 bits per heavy atom. The Morgan fingerprint density at radius 1 is 0.968 bits per heavy atom. The number of nitrogens with zero attached hydrogens (tertiary/aromatic N) is 2. The molecule has 3 amide bonds. The first-order valence-electron chi connectivity index (χ1n) is 11.6. The number of hydrogen-bond acceptors (Lipinski definition) is 6. The van der Waals surface area contributed by atoms with Crippen LogP contribution in [-0.2, 0) is 16.1 Å². The van der Waals surface area contributed by atoms with Crippen molar-refractivity contribution in [1.29, 1.82) is 0 Å². The highest BCUT2D eigenvalue weighted by Gasteiger charge is 2.40. The van der Waals surface area contributed by atoms with E-state index in [2.05, 4.69) is 20.9 Å². The summed E-state index contributed by atoms with van der Waals surface area (Å²) >= 11 is 0. The molecule has 5 rings (SSSR count). The van der Waals surface area contributed by atoms with E-state index in [1.54, 1.807) is 4.90 Å². The van der Waals surface area contributed by atoms with Crippen LogP contribution in [0.4, 0.5) is 5.69 Å². The molecule has 0 radical (unpaired) electrons. The highest BCUT2D eigenvalue weighted by molar-refractivity contribution is 6.06. The van der Waals surface area contributed by atoms with Gasteiger partial charge in [0, 0.05) is 55.0 Å². The minimum absolute atomic E-state index is 0.117. The zero-order valence-corrected chi connectivity index (χ0v) is 17.9. The lowest BCUT2D eigenvalue weighted by Crippen LogP contribution is -2.52. The predicted molar refractivity (Wildman–Crippen MR) is 117 cm³/mol. The molecule has 3 saturated heterocycles. The molecule has 3 fully saturated rings. The van der Waals surface area contributed by atoms with E-state index in [1.165, 1.54) is 12.8 Å². The SMILES string of the molecule is O=C1CCC(N2Cc3c(NC4CCN(C5CCNCC5)CC4)cccc3C2=O)C(=O)N1. The third-order valence-electron chi connectivity index (χ3n) is 7.30. The number of likely N-dealkylation sites (tertiary alicyclic amines) is 1. The summed E-state index contributed by atoms with van der Waals surface area (Å²) in [6, 6.07) is 6.33. The van der Waals surface area contributed by atoms with Crippen molar-refractivity contribution in [3.05, 3.63) is 29.3 Å². The Hall–Kier alpha value is -2.45. The van der Waals surface area contributed by atoms with Crippen LogP contribution in [0, 0.1) is 0 Å². The molecule has 1 atom stereocenters. The molecule has 31 heavy (non-hydrogen) atoms. The van der Waals surface area contributed by atoms with Gasteiger partial charge in [0.25, 0.3) is 5.91 Å². The normalized spacial score (nSPS) is 26.1. The molecule has 1 aromatic carbocycles. The van der Waals surface area contributed by atoms with Gasteiger partial charge in [0.15, 0.2) is 0 Å². The topological polar surface area (TPSA) is 93.8 Å². The lowest BCUT2D eigenvalue weighted by molar-refractivity contribution is -0.136. The van der Waals surface area contributed by atoms with Crippen molar-refractivity contribution in [3.63, 3.8) is 0 Å². The molecule has 166 valence electrons. The number of piperidine rings is 3. The summed E-state index contributed by atoms with van der Waals surface area (Å²) in [5.41, 5.74) is 2.64. The van der Waals surface area contributed by atoms with Gasteiger partial charge in [0.05, 0.1) is 0 Å². The van der Waals surface area contributed by atoms with Gasteiger partial charge in [-0.2, -0.15) is 0 Å². The highest BCUT2D eigenvalue weighted by Crippen LogP contribution is 2.33. The zero-order valence-electron chi connectivity index (χ0n) is 17.9. The van der Waals surface area contributed by atoms with Gasteiger partial charge in [-0.1, -0.05) is 6.07 Å². The summed E-state index contributed by atoms with van der Waals surface area (Å²) < 4.78 is 0. The standard InChI is InChI=1S/C23H31N5O3/c29-21-5-4-20(22(30)26-21)28-14-18-17(23(28)31)2-1-3-19(18)25-15-8-12-27(13-9-15)16-6-10-24-11-7-16/h1-3,15-16,20,24-25H,4-14H2,(H,26,29,30). The van der Waals surface area contributed by atoms with Gasteiger partial charge >= 0.3 is 0 Å². The summed E-state index contributed by atoms with van der Waals surface area (Å²) in [5, 5.41) is 9.51. The molecule has 0 spiro atoms. The summed E-state index contributed by atoms with van der Waals surface area (Å²) in [6.45, 7) is 4.88. The molecule has 4 heterocycles. The Labute approximate surface area is 182 Å². The molecule has 1 aromatic rings. The maximum absolute atomic E-state index is 13.0. The molecule has 0 aliphatic carbocycles. The van der Waals surface area contributed by atoms with E-state index in [9.17, 15) is 14.4 Å². The molecular formula is C23H31N5O3. The van der Waals surface area contributed by atoms with Crippen LogP contribution in [0.2, 0.25) is 0 Å². The molecule has 3 N–H and O–H groups in total. The number of hydrogen-bond donors (Lipinski definition) is 3. The molecule has 0 bridgehead atoms. The van der Waals surface area contributed by atoms with E-state index in [1.807, 2.05) is 18.2 Å². The van der Waals surface area contributed by atoms with Gasteiger partial charge in [0.2, 0.25) is 11.8 Å². The van der Waals surface area contributed by atoms with Crippen molar-refractivity contribution in [2.45, 2.75) is 63.2 Å². The van der Waals surface area contributed by atoms with Gasteiger partial charge in [-0.05, 0) is 57.3 Å².